The molecule has 0 bridgehead atoms. The zero-order valence-electron chi connectivity index (χ0n) is 10.2. The van der Waals surface area contributed by atoms with Gasteiger partial charge in [0.1, 0.15) is 0 Å². The van der Waals surface area contributed by atoms with Crippen LogP contribution < -0.4 is 5.32 Å². The Morgan fingerprint density at radius 3 is 3.12 bits per heavy atom. The van der Waals surface area contributed by atoms with Gasteiger partial charge in [-0.25, -0.2) is 0 Å². The van der Waals surface area contributed by atoms with E-state index < -0.39 is 0 Å². The number of hydrogen-bond donors (Lipinski definition) is 1. The minimum Gasteiger partial charge on any atom is -0.334 e. The monoisotopic (exact) mass is 233 g/mol. The maximum Gasteiger partial charge on any atom is 0.255 e. The van der Waals surface area contributed by atoms with Crippen LogP contribution >= 0.6 is 0 Å². The zero-order valence-corrected chi connectivity index (χ0v) is 10.2. The number of nitrogens with one attached hydrogen (secondary N) is 1. The summed E-state index contributed by atoms with van der Waals surface area (Å²) in [6.45, 7) is 4.84. The number of nitrogens with zero attached hydrogens (tertiary/aromatic N) is 2. The highest BCUT2D eigenvalue weighted by Crippen LogP contribution is 2.13. The molecule has 1 amide bonds. The molecule has 0 aliphatic carbocycles. The lowest BCUT2D eigenvalue weighted by molar-refractivity contribution is 0.0692. The van der Waals surface area contributed by atoms with Crippen molar-refractivity contribution >= 4 is 5.91 Å². The van der Waals surface area contributed by atoms with E-state index in [0.717, 1.165) is 32.5 Å². The summed E-state index contributed by atoms with van der Waals surface area (Å²) < 4.78 is 0. The molecule has 0 aromatic carbocycles. The van der Waals surface area contributed by atoms with E-state index in [1.807, 2.05) is 17.0 Å². The normalized spacial score (nSPS) is 19.2. The van der Waals surface area contributed by atoms with E-state index >= 15 is 0 Å². The molecule has 1 aromatic rings. The first-order valence-corrected chi connectivity index (χ1v) is 6.24. The lowest BCUT2D eigenvalue weighted by Crippen LogP contribution is -2.42. The van der Waals surface area contributed by atoms with Gasteiger partial charge < -0.3 is 10.2 Å². The third-order valence-corrected chi connectivity index (χ3v) is 3.11. The van der Waals surface area contributed by atoms with Gasteiger partial charge in [-0.1, -0.05) is 6.92 Å². The van der Waals surface area contributed by atoms with Gasteiger partial charge in [-0.3, -0.25) is 9.78 Å². The number of pyridine rings is 1. The Hall–Kier alpha value is -1.42. The topological polar surface area (TPSA) is 45.2 Å². The average molecular weight is 233 g/mol. The number of aromatic nitrogens is 1. The fourth-order valence-corrected chi connectivity index (χ4v) is 2.25. The fraction of sp³-hybridized carbons (Fsp3) is 0.538. The van der Waals surface area contributed by atoms with Crippen LogP contribution in [0.25, 0.3) is 0 Å². The van der Waals surface area contributed by atoms with Crippen LogP contribution in [0, 0.1) is 0 Å². The summed E-state index contributed by atoms with van der Waals surface area (Å²) in [6.07, 6.45) is 5.37. The molecule has 1 aliphatic rings. The quantitative estimate of drug-likeness (QED) is 0.852. The summed E-state index contributed by atoms with van der Waals surface area (Å²) in [5.41, 5.74) is 0.688. The number of amides is 1. The molecule has 1 N–H and O–H groups in total. The van der Waals surface area contributed by atoms with Crippen LogP contribution in [0.1, 0.15) is 30.1 Å². The maximum absolute atomic E-state index is 12.4. The third kappa shape index (κ3) is 2.82. The summed E-state index contributed by atoms with van der Waals surface area (Å²) in [4.78, 5) is 18.4. The molecule has 1 unspecified atom stereocenters. The molecule has 4 nitrogen and oxygen atoms in total. The molecule has 1 saturated heterocycles. The molecule has 0 saturated carbocycles. The van der Waals surface area contributed by atoms with E-state index in [-0.39, 0.29) is 5.91 Å². The molecule has 1 aliphatic heterocycles. The maximum atomic E-state index is 12.4. The number of carbonyl (C=O) groups excluding carboxylic acids is 1. The van der Waals surface area contributed by atoms with Crippen LogP contribution in [-0.2, 0) is 0 Å². The average Bonchev–Trinajstić information content (AvgIpc) is 2.90. The molecule has 2 rings (SSSR count). The van der Waals surface area contributed by atoms with Crippen molar-refractivity contribution in [3.63, 3.8) is 0 Å². The predicted octanol–water partition coefficient (Wildman–Crippen LogP) is 1.30. The van der Waals surface area contributed by atoms with Gasteiger partial charge in [-0.05, 0) is 31.5 Å². The van der Waals surface area contributed by atoms with Crippen molar-refractivity contribution in [1.82, 2.24) is 15.2 Å². The van der Waals surface area contributed by atoms with E-state index in [0.29, 0.717) is 11.6 Å². The zero-order chi connectivity index (χ0) is 12.1. The second-order valence-corrected chi connectivity index (χ2v) is 4.39. The Kier molecular flexibility index (Phi) is 4.09. The Morgan fingerprint density at radius 2 is 2.53 bits per heavy atom. The second-order valence-electron chi connectivity index (χ2n) is 4.39. The van der Waals surface area contributed by atoms with Crippen molar-refractivity contribution in [2.45, 2.75) is 25.8 Å². The van der Waals surface area contributed by atoms with E-state index in [1.165, 1.54) is 0 Å². The fourth-order valence-electron chi connectivity index (χ4n) is 2.25. The minimum atomic E-state index is 0.105. The number of hydrogen-bond acceptors (Lipinski definition) is 3. The van der Waals surface area contributed by atoms with Gasteiger partial charge in [0, 0.05) is 31.5 Å². The SMILES string of the molecule is CCCN(C(=O)c1cccnc1)C1CCNC1. The third-order valence-electron chi connectivity index (χ3n) is 3.11. The van der Waals surface area contributed by atoms with Crippen LogP contribution in [0.15, 0.2) is 24.5 Å². The van der Waals surface area contributed by atoms with Gasteiger partial charge in [0.05, 0.1) is 5.56 Å². The summed E-state index contributed by atoms with van der Waals surface area (Å²) in [7, 11) is 0. The predicted molar refractivity (Wildman–Crippen MR) is 66.8 cm³/mol. The largest absolute Gasteiger partial charge is 0.334 e. The lowest BCUT2D eigenvalue weighted by atomic mass is 10.1. The first kappa shape index (κ1) is 12.0. The van der Waals surface area contributed by atoms with Gasteiger partial charge in [-0.2, -0.15) is 0 Å². The van der Waals surface area contributed by atoms with Gasteiger partial charge >= 0.3 is 0 Å². The highest BCUT2D eigenvalue weighted by atomic mass is 16.2. The Bertz CT molecular complexity index is 360. The van der Waals surface area contributed by atoms with Crippen LogP contribution in [0.2, 0.25) is 0 Å². The molecule has 0 radical (unpaired) electrons. The molecule has 0 spiro atoms. The van der Waals surface area contributed by atoms with E-state index in [1.54, 1.807) is 12.4 Å². The van der Waals surface area contributed by atoms with Crippen LogP contribution in [0.4, 0.5) is 0 Å². The van der Waals surface area contributed by atoms with Gasteiger partial charge in [0.2, 0.25) is 0 Å². The van der Waals surface area contributed by atoms with Crippen molar-refractivity contribution < 1.29 is 4.79 Å². The summed E-state index contributed by atoms with van der Waals surface area (Å²) in [5, 5.41) is 3.31. The Balaban J connectivity index is 2.12. The van der Waals surface area contributed by atoms with Crippen molar-refractivity contribution in [2.24, 2.45) is 0 Å². The van der Waals surface area contributed by atoms with Crippen molar-refractivity contribution in [1.29, 1.82) is 0 Å². The van der Waals surface area contributed by atoms with Crippen LogP contribution in [0.5, 0.6) is 0 Å². The standard InChI is InChI=1S/C13H19N3O/c1-2-8-16(12-5-7-15-10-12)13(17)11-4-3-6-14-9-11/h3-4,6,9,12,15H,2,5,7-8,10H2,1H3. The molecule has 17 heavy (non-hydrogen) atoms. The van der Waals surface area contributed by atoms with E-state index in [4.69, 9.17) is 0 Å². The summed E-state index contributed by atoms with van der Waals surface area (Å²) in [6, 6.07) is 3.98. The summed E-state index contributed by atoms with van der Waals surface area (Å²) >= 11 is 0. The van der Waals surface area contributed by atoms with Crippen LogP contribution in [-0.4, -0.2) is 41.5 Å². The Labute approximate surface area is 102 Å². The molecule has 1 aromatic heterocycles. The molecule has 92 valence electrons. The smallest absolute Gasteiger partial charge is 0.255 e. The van der Waals surface area contributed by atoms with Crippen molar-refractivity contribution in [3.05, 3.63) is 30.1 Å². The molecule has 1 fully saturated rings. The molecule has 1 atom stereocenters. The molecular formula is C13H19N3O. The van der Waals surface area contributed by atoms with E-state index in [2.05, 4.69) is 17.2 Å². The van der Waals surface area contributed by atoms with Gasteiger partial charge in [-0.15, -0.1) is 0 Å². The summed E-state index contributed by atoms with van der Waals surface area (Å²) in [5.74, 6) is 0.105. The van der Waals surface area contributed by atoms with Crippen molar-refractivity contribution in [2.75, 3.05) is 19.6 Å². The lowest BCUT2D eigenvalue weighted by Gasteiger charge is -2.28. The highest BCUT2D eigenvalue weighted by Gasteiger charge is 2.26. The second kappa shape index (κ2) is 5.77. The molecular weight excluding hydrogens is 214 g/mol. The van der Waals surface area contributed by atoms with Gasteiger partial charge in [0.25, 0.3) is 5.91 Å². The Morgan fingerprint density at radius 1 is 1.65 bits per heavy atom. The first-order valence-electron chi connectivity index (χ1n) is 6.24. The first-order chi connectivity index (χ1) is 8.33. The molecule has 2 heterocycles. The molecule has 4 heteroatoms. The van der Waals surface area contributed by atoms with E-state index in [9.17, 15) is 4.79 Å². The van der Waals surface area contributed by atoms with Crippen molar-refractivity contribution in [3.8, 4) is 0 Å². The highest BCUT2D eigenvalue weighted by molar-refractivity contribution is 5.94. The minimum absolute atomic E-state index is 0.105. The number of rotatable bonds is 4. The number of carbonyl (C=O) groups is 1. The van der Waals surface area contributed by atoms with Gasteiger partial charge in [0.15, 0.2) is 0 Å². The van der Waals surface area contributed by atoms with Crippen LogP contribution in [0.3, 0.4) is 0 Å².